The molecule has 1 saturated heterocycles. The highest BCUT2D eigenvalue weighted by atomic mass is 16.5. The third kappa shape index (κ3) is 2.28. The van der Waals surface area contributed by atoms with Crippen LogP contribution in [0.1, 0.15) is 11.5 Å². The molecule has 1 aromatic heterocycles. The minimum atomic E-state index is -0.0696. The Morgan fingerprint density at radius 1 is 1.23 bits per heavy atom. The van der Waals surface area contributed by atoms with E-state index in [0.29, 0.717) is 18.4 Å². The van der Waals surface area contributed by atoms with E-state index in [1.165, 1.54) is 5.56 Å². The van der Waals surface area contributed by atoms with Crippen molar-refractivity contribution in [2.75, 3.05) is 25.0 Å². The van der Waals surface area contributed by atoms with E-state index in [1.54, 1.807) is 12.4 Å². The van der Waals surface area contributed by atoms with Crippen LogP contribution in [-0.4, -0.2) is 35.6 Å². The Labute approximate surface area is 128 Å². The van der Waals surface area contributed by atoms with Gasteiger partial charge in [0.05, 0.1) is 18.5 Å². The highest BCUT2D eigenvalue weighted by Gasteiger charge is 2.40. The fourth-order valence-corrected chi connectivity index (χ4v) is 3.31. The Morgan fingerprint density at radius 3 is 3.00 bits per heavy atom. The van der Waals surface area contributed by atoms with E-state index in [9.17, 15) is 4.79 Å². The van der Waals surface area contributed by atoms with Crippen LogP contribution >= 0.6 is 0 Å². The number of para-hydroxylation sites is 1. The summed E-state index contributed by atoms with van der Waals surface area (Å²) in [7, 11) is 0. The van der Waals surface area contributed by atoms with Crippen LogP contribution in [0, 0.1) is 5.92 Å². The second-order valence-electron chi connectivity index (χ2n) is 5.79. The molecule has 2 aromatic rings. The van der Waals surface area contributed by atoms with Gasteiger partial charge in [-0.15, -0.1) is 0 Å². The molecule has 1 N–H and O–H groups in total. The molecule has 5 heteroatoms. The topological polar surface area (TPSA) is 54.5 Å². The van der Waals surface area contributed by atoms with E-state index < -0.39 is 0 Å². The molecule has 0 aliphatic carbocycles. The van der Waals surface area contributed by atoms with Gasteiger partial charge in [0.1, 0.15) is 5.75 Å². The van der Waals surface area contributed by atoms with Gasteiger partial charge in [-0.2, -0.15) is 0 Å². The monoisotopic (exact) mass is 295 g/mol. The molecule has 0 bridgehead atoms. The summed E-state index contributed by atoms with van der Waals surface area (Å²) in [6.45, 7) is 2.14. The molecule has 0 spiro atoms. The number of amides is 2. The molecule has 2 atom stereocenters. The van der Waals surface area contributed by atoms with Crippen molar-refractivity contribution in [3.05, 3.63) is 54.4 Å². The van der Waals surface area contributed by atoms with Crippen LogP contribution in [0.2, 0.25) is 0 Å². The molecule has 2 aliphatic heterocycles. The van der Waals surface area contributed by atoms with Crippen molar-refractivity contribution in [3.63, 3.8) is 0 Å². The highest BCUT2D eigenvalue weighted by molar-refractivity contribution is 5.89. The van der Waals surface area contributed by atoms with Crippen molar-refractivity contribution in [2.24, 2.45) is 5.92 Å². The molecular weight excluding hydrogens is 278 g/mol. The average Bonchev–Trinajstić information content (AvgIpc) is 3.00. The first-order chi connectivity index (χ1) is 10.8. The van der Waals surface area contributed by atoms with Crippen molar-refractivity contribution < 1.29 is 9.53 Å². The van der Waals surface area contributed by atoms with Gasteiger partial charge in [0.25, 0.3) is 0 Å². The number of nitrogens with one attached hydrogen (secondary N) is 1. The molecule has 2 amide bonds. The van der Waals surface area contributed by atoms with Gasteiger partial charge in [-0.3, -0.25) is 4.98 Å². The van der Waals surface area contributed by atoms with Gasteiger partial charge in [-0.05, 0) is 23.8 Å². The number of pyridine rings is 1. The molecule has 0 radical (unpaired) electrons. The first kappa shape index (κ1) is 13.1. The lowest BCUT2D eigenvalue weighted by atomic mass is 9.87. The van der Waals surface area contributed by atoms with Crippen molar-refractivity contribution in [3.8, 4) is 5.75 Å². The van der Waals surface area contributed by atoms with Crippen molar-refractivity contribution in [1.29, 1.82) is 0 Å². The zero-order valence-corrected chi connectivity index (χ0v) is 12.1. The van der Waals surface area contributed by atoms with Crippen LogP contribution in [0.25, 0.3) is 0 Å². The molecule has 5 nitrogen and oxygen atoms in total. The lowest BCUT2D eigenvalue weighted by Crippen LogP contribution is -2.33. The van der Waals surface area contributed by atoms with E-state index in [1.807, 2.05) is 35.2 Å². The number of aromatic nitrogens is 1. The normalized spacial score (nSPS) is 22.5. The Hall–Kier alpha value is -2.56. The third-order valence-corrected chi connectivity index (χ3v) is 4.41. The van der Waals surface area contributed by atoms with Gasteiger partial charge in [0.2, 0.25) is 0 Å². The van der Waals surface area contributed by atoms with Crippen LogP contribution in [0.4, 0.5) is 10.5 Å². The van der Waals surface area contributed by atoms with Gasteiger partial charge in [-0.1, -0.05) is 18.2 Å². The van der Waals surface area contributed by atoms with Crippen LogP contribution in [0.5, 0.6) is 5.75 Å². The van der Waals surface area contributed by atoms with E-state index in [4.69, 9.17) is 4.74 Å². The maximum atomic E-state index is 12.4. The van der Waals surface area contributed by atoms with Gasteiger partial charge >= 0.3 is 6.03 Å². The molecule has 112 valence electrons. The van der Waals surface area contributed by atoms with Gasteiger partial charge in [0, 0.05) is 31.1 Å². The second-order valence-corrected chi connectivity index (χ2v) is 5.79. The predicted octanol–water partition coefficient (Wildman–Crippen LogP) is 2.72. The molecule has 2 unspecified atom stereocenters. The Kier molecular flexibility index (Phi) is 3.18. The standard InChI is InChI=1S/C17H17N3O2/c21-17(19-13-4-3-7-18-8-13)20-9-12-11-22-16-6-2-1-5-14(16)15(12)10-20/h1-8,12,15H,9-11H2,(H,19,21). The molecule has 4 rings (SSSR count). The fourth-order valence-electron chi connectivity index (χ4n) is 3.31. The number of hydrogen-bond acceptors (Lipinski definition) is 3. The van der Waals surface area contributed by atoms with Gasteiger partial charge < -0.3 is 15.0 Å². The molecule has 1 aromatic carbocycles. The lowest BCUT2D eigenvalue weighted by Gasteiger charge is -2.27. The Bertz CT molecular complexity index is 689. The van der Waals surface area contributed by atoms with Crippen molar-refractivity contribution in [2.45, 2.75) is 5.92 Å². The molecule has 3 heterocycles. The summed E-state index contributed by atoms with van der Waals surface area (Å²) in [5.74, 6) is 1.69. The lowest BCUT2D eigenvalue weighted by molar-refractivity contribution is 0.207. The van der Waals surface area contributed by atoms with Crippen LogP contribution < -0.4 is 10.1 Å². The average molecular weight is 295 g/mol. The van der Waals surface area contributed by atoms with Gasteiger partial charge in [0.15, 0.2) is 0 Å². The maximum absolute atomic E-state index is 12.4. The van der Waals surface area contributed by atoms with Crippen LogP contribution in [0.3, 0.4) is 0 Å². The smallest absolute Gasteiger partial charge is 0.321 e. The zero-order valence-electron chi connectivity index (χ0n) is 12.1. The van der Waals surface area contributed by atoms with E-state index >= 15 is 0 Å². The van der Waals surface area contributed by atoms with Crippen LogP contribution in [0.15, 0.2) is 48.8 Å². The summed E-state index contributed by atoms with van der Waals surface area (Å²) in [6.07, 6.45) is 3.34. The summed E-state index contributed by atoms with van der Waals surface area (Å²) in [6, 6.07) is 11.7. The highest BCUT2D eigenvalue weighted by Crippen LogP contribution is 2.41. The van der Waals surface area contributed by atoms with E-state index in [-0.39, 0.29) is 6.03 Å². The first-order valence-corrected chi connectivity index (χ1v) is 7.49. The number of anilines is 1. The number of urea groups is 1. The summed E-state index contributed by atoms with van der Waals surface area (Å²) < 4.78 is 5.82. The summed E-state index contributed by atoms with van der Waals surface area (Å²) in [5.41, 5.74) is 1.94. The number of likely N-dealkylation sites (tertiary alicyclic amines) is 1. The SMILES string of the molecule is O=C(Nc1cccnc1)N1CC2COc3ccccc3C2C1. The molecule has 22 heavy (non-hydrogen) atoms. The minimum absolute atomic E-state index is 0.0696. The largest absolute Gasteiger partial charge is 0.493 e. The first-order valence-electron chi connectivity index (χ1n) is 7.49. The quantitative estimate of drug-likeness (QED) is 0.880. The number of hydrogen-bond donors (Lipinski definition) is 1. The van der Waals surface area contributed by atoms with E-state index in [2.05, 4.69) is 16.4 Å². The second kappa shape index (κ2) is 5.33. The number of nitrogens with zero attached hydrogens (tertiary/aromatic N) is 2. The van der Waals surface area contributed by atoms with Crippen molar-refractivity contribution >= 4 is 11.7 Å². The Balaban J connectivity index is 1.50. The van der Waals surface area contributed by atoms with Crippen molar-refractivity contribution in [1.82, 2.24) is 9.88 Å². The maximum Gasteiger partial charge on any atom is 0.321 e. The van der Waals surface area contributed by atoms with Gasteiger partial charge in [-0.25, -0.2) is 4.79 Å². The molecule has 2 aliphatic rings. The third-order valence-electron chi connectivity index (χ3n) is 4.41. The number of rotatable bonds is 1. The van der Waals surface area contributed by atoms with E-state index in [0.717, 1.165) is 24.5 Å². The zero-order chi connectivity index (χ0) is 14.9. The summed E-state index contributed by atoms with van der Waals surface area (Å²) >= 11 is 0. The number of ether oxygens (including phenoxy) is 1. The predicted molar refractivity (Wildman–Crippen MR) is 83.0 cm³/mol. The minimum Gasteiger partial charge on any atom is -0.493 e. The van der Waals surface area contributed by atoms with Crippen LogP contribution in [-0.2, 0) is 0 Å². The Morgan fingerprint density at radius 2 is 2.14 bits per heavy atom. The number of carbonyl (C=O) groups excluding carboxylic acids is 1. The fraction of sp³-hybridized carbons (Fsp3) is 0.294. The molecule has 0 saturated carbocycles. The number of fused-ring (bicyclic) bond motifs is 3. The molecular formula is C17H17N3O2. The number of benzene rings is 1. The number of carbonyl (C=O) groups is 1. The summed E-state index contributed by atoms with van der Waals surface area (Å²) in [4.78, 5) is 18.3. The molecule has 1 fully saturated rings. The summed E-state index contributed by atoms with van der Waals surface area (Å²) in [5, 5.41) is 2.90.